The number of rotatable bonds is 16. The van der Waals surface area contributed by atoms with E-state index in [4.69, 9.17) is 35.6 Å². The predicted octanol–water partition coefficient (Wildman–Crippen LogP) is 3.47. The van der Waals surface area contributed by atoms with Gasteiger partial charge in [0.25, 0.3) is 0 Å². The molecule has 0 aliphatic heterocycles. The molecule has 4 atom stereocenters. The first-order valence-electron chi connectivity index (χ1n) is 16.3. The molecule has 0 radical (unpaired) electrons. The molecule has 0 aliphatic rings. The molecular formula is C34H38N8O9S. The maximum absolute atomic E-state index is 12.9. The summed E-state index contributed by atoms with van der Waals surface area (Å²) in [4.78, 5) is 54.6. The number of carboxylic acid groups (broad SMARTS) is 1. The van der Waals surface area contributed by atoms with Crippen LogP contribution in [0.3, 0.4) is 0 Å². The van der Waals surface area contributed by atoms with Crippen molar-refractivity contribution in [3.63, 3.8) is 0 Å². The van der Waals surface area contributed by atoms with Gasteiger partial charge in [-0.1, -0.05) is 76.7 Å². The monoisotopic (exact) mass is 734 g/mol. The molecule has 2 amide bonds. The smallest absolute Gasteiger partial charge is 0.358 e. The van der Waals surface area contributed by atoms with E-state index in [0.29, 0.717) is 5.56 Å². The summed E-state index contributed by atoms with van der Waals surface area (Å²) in [6.45, 7) is 6.84. The number of aliphatic hydroxyl groups excluding tert-OH is 1. The molecule has 5 aromatic rings. The molecule has 52 heavy (non-hydrogen) atoms. The Balaban J connectivity index is 1.20. The lowest BCUT2D eigenvalue weighted by molar-refractivity contribution is -0.131. The summed E-state index contributed by atoms with van der Waals surface area (Å²) in [6, 6.07) is 6.04. The topological polar surface area (TPSA) is 258 Å². The van der Waals surface area contributed by atoms with Gasteiger partial charge in [0.1, 0.15) is 41.6 Å². The second-order valence-electron chi connectivity index (χ2n) is 12.2. The van der Waals surface area contributed by atoms with Crippen LogP contribution in [0, 0.1) is 11.8 Å². The normalized spacial score (nSPS) is 13.7. The van der Waals surface area contributed by atoms with Gasteiger partial charge in [-0.3, -0.25) is 9.59 Å². The van der Waals surface area contributed by atoms with Crippen molar-refractivity contribution in [1.82, 2.24) is 35.9 Å². The van der Waals surface area contributed by atoms with Gasteiger partial charge in [0, 0.05) is 5.56 Å². The van der Waals surface area contributed by atoms with Crippen molar-refractivity contribution in [2.24, 2.45) is 17.6 Å². The molecule has 4 heterocycles. The van der Waals surface area contributed by atoms with Crippen LogP contribution in [0.1, 0.15) is 68.1 Å². The molecule has 0 saturated heterocycles. The Morgan fingerprint density at radius 2 is 1.58 bits per heavy atom. The van der Waals surface area contributed by atoms with Crippen molar-refractivity contribution >= 4 is 35.0 Å². The zero-order chi connectivity index (χ0) is 37.5. The lowest BCUT2D eigenvalue weighted by atomic mass is 9.97. The summed E-state index contributed by atoms with van der Waals surface area (Å²) in [6.07, 6.45) is 4.59. The second kappa shape index (κ2) is 16.5. The van der Waals surface area contributed by atoms with Crippen LogP contribution < -0.4 is 21.7 Å². The Kier molecular flexibility index (Phi) is 11.9. The Hall–Kier alpha value is -5.72. The Morgan fingerprint density at radius 3 is 2.25 bits per heavy atom. The third-order valence-corrected chi connectivity index (χ3v) is 8.45. The molecule has 0 bridgehead atoms. The number of amides is 2. The summed E-state index contributed by atoms with van der Waals surface area (Å²) < 4.78 is 22.4. The van der Waals surface area contributed by atoms with Gasteiger partial charge in [0.2, 0.25) is 35.4 Å². The first-order chi connectivity index (χ1) is 24.9. The number of carbonyl (C=O) groups excluding carboxylic acids is 2. The fourth-order valence-electron chi connectivity index (χ4n) is 4.88. The minimum atomic E-state index is -1.30. The third kappa shape index (κ3) is 8.59. The number of nitrogens with two attached hydrogens (primary N) is 1. The molecule has 0 fully saturated rings. The van der Waals surface area contributed by atoms with Crippen LogP contribution in [0.25, 0.3) is 34.5 Å². The van der Waals surface area contributed by atoms with Crippen LogP contribution >= 0.6 is 12.2 Å². The van der Waals surface area contributed by atoms with Crippen LogP contribution in [0.5, 0.6) is 0 Å². The number of thiocarbonyl (C=S) groups is 1. The average Bonchev–Trinajstić information content (AvgIpc) is 3.97. The summed E-state index contributed by atoms with van der Waals surface area (Å²) >= 11 is 5.46. The van der Waals surface area contributed by atoms with Gasteiger partial charge < -0.3 is 49.6 Å². The highest BCUT2D eigenvalue weighted by molar-refractivity contribution is 7.80. The molecular weight excluding hydrogens is 696 g/mol. The molecule has 0 saturated carbocycles. The van der Waals surface area contributed by atoms with Gasteiger partial charge in [0.15, 0.2) is 22.8 Å². The number of hydrogen-bond donors (Lipinski definition) is 6. The fourth-order valence-corrected chi connectivity index (χ4v) is 5.11. The summed E-state index contributed by atoms with van der Waals surface area (Å²) in [5.41, 5.74) is 6.84. The number of carboxylic acids is 1. The number of benzene rings is 1. The standard InChI is InChI=1S/C34H38N8O9S/c1-5-17(4)24(35)28(44)41-25(16(2)3)29(45)36-11-23-37-20(13-48-23)30-38-21(14-49-30)31-39-22(15-50-31)33(52)40-19(12-43)32-42-26(34(46)47)27(51-32)18-9-7-6-8-10-18/h6-10,13-17,19,24-25,43H,5,11-12,35H2,1-4H3,(H,36,45)(H,40,52)(H,41,44)(H,46,47)/t17-,19-,24-,25+/m0/s1. The summed E-state index contributed by atoms with van der Waals surface area (Å²) in [7, 11) is 0. The molecule has 5 rings (SSSR count). The Labute approximate surface area is 302 Å². The number of aromatic nitrogens is 4. The average molecular weight is 735 g/mol. The molecule has 1 aromatic carbocycles. The van der Waals surface area contributed by atoms with E-state index >= 15 is 0 Å². The molecule has 7 N–H and O–H groups in total. The van der Waals surface area contributed by atoms with Crippen molar-refractivity contribution in [3.05, 3.63) is 72.3 Å². The zero-order valence-corrected chi connectivity index (χ0v) is 29.5. The molecule has 18 heteroatoms. The fraction of sp³-hybridized carbons (Fsp3) is 0.353. The van der Waals surface area contributed by atoms with Crippen LogP contribution in [-0.2, 0) is 16.1 Å². The maximum Gasteiger partial charge on any atom is 0.358 e. The number of aromatic carboxylic acids is 1. The molecule has 274 valence electrons. The minimum absolute atomic E-state index is 0.0343. The van der Waals surface area contributed by atoms with E-state index in [1.165, 1.54) is 18.8 Å². The van der Waals surface area contributed by atoms with Crippen molar-refractivity contribution in [2.45, 2.75) is 58.8 Å². The van der Waals surface area contributed by atoms with Crippen LogP contribution in [-0.4, -0.2) is 71.6 Å². The quantitative estimate of drug-likeness (QED) is 0.0793. The van der Waals surface area contributed by atoms with Crippen LogP contribution in [0.15, 0.2) is 66.8 Å². The lowest BCUT2D eigenvalue weighted by Crippen LogP contribution is -2.55. The molecule has 4 aromatic heterocycles. The Bertz CT molecular complexity index is 2020. The van der Waals surface area contributed by atoms with Crippen molar-refractivity contribution < 1.29 is 42.3 Å². The van der Waals surface area contributed by atoms with Gasteiger partial charge in [0.05, 0.1) is 19.2 Å². The number of hydrogen-bond acceptors (Lipinski definition) is 14. The number of oxazole rings is 4. The molecule has 0 aliphatic carbocycles. The van der Waals surface area contributed by atoms with Gasteiger partial charge in [-0.2, -0.15) is 0 Å². The lowest BCUT2D eigenvalue weighted by Gasteiger charge is -2.25. The Morgan fingerprint density at radius 1 is 0.904 bits per heavy atom. The first kappa shape index (κ1) is 37.5. The van der Waals surface area contributed by atoms with E-state index in [0.717, 1.165) is 6.42 Å². The van der Waals surface area contributed by atoms with E-state index in [-0.39, 0.29) is 75.5 Å². The SMILES string of the molecule is CC[C@H](C)[C@H](N)C(=O)N[C@@H](C(=O)NCc1nc(-c2nc(-c3nc(C(=S)N[C@@H](CO)c4nc(C(=O)O)c(-c5ccccc5)o4)co3)co2)co1)C(C)C. The van der Waals surface area contributed by atoms with E-state index in [1.54, 1.807) is 30.3 Å². The van der Waals surface area contributed by atoms with Crippen LogP contribution in [0.4, 0.5) is 0 Å². The highest BCUT2D eigenvalue weighted by atomic mass is 32.1. The molecule has 17 nitrogen and oxygen atoms in total. The highest BCUT2D eigenvalue weighted by Gasteiger charge is 2.29. The number of aliphatic hydroxyl groups is 1. The first-order valence-corrected chi connectivity index (χ1v) is 16.7. The van der Waals surface area contributed by atoms with Crippen molar-refractivity contribution in [1.29, 1.82) is 0 Å². The van der Waals surface area contributed by atoms with Crippen LogP contribution in [0.2, 0.25) is 0 Å². The van der Waals surface area contributed by atoms with Gasteiger partial charge >= 0.3 is 5.97 Å². The molecule has 0 unspecified atom stereocenters. The van der Waals surface area contributed by atoms with Gasteiger partial charge in [-0.25, -0.2) is 24.7 Å². The maximum atomic E-state index is 12.9. The van der Waals surface area contributed by atoms with E-state index in [1.807, 2.05) is 27.7 Å². The third-order valence-electron chi connectivity index (χ3n) is 8.12. The van der Waals surface area contributed by atoms with Gasteiger partial charge in [-0.05, 0) is 11.8 Å². The van der Waals surface area contributed by atoms with E-state index in [2.05, 4.69) is 35.9 Å². The van der Waals surface area contributed by atoms with E-state index < -0.39 is 42.5 Å². The summed E-state index contributed by atoms with van der Waals surface area (Å²) in [5.74, 6) is -2.12. The number of nitrogens with one attached hydrogen (secondary N) is 3. The minimum Gasteiger partial charge on any atom is -0.476 e. The predicted molar refractivity (Wildman–Crippen MR) is 187 cm³/mol. The van der Waals surface area contributed by atoms with Crippen molar-refractivity contribution in [3.8, 4) is 34.5 Å². The number of nitrogens with zero attached hydrogens (tertiary/aromatic N) is 4. The zero-order valence-electron chi connectivity index (χ0n) is 28.7. The molecule has 0 spiro atoms. The number of carbonyl (C=O) groups is 3. The highest BCUT2D eigenvalue weighted by Crippen LogP contribution is 2.28. The summed E-state index contributed by atoms with van der Waals surface area (Å²) in [5, 5.41) is 28.1. The van der Waals surface area contributed by atoms with Crippen molar-refractivity contribution in [2.75, 3.05) is 6.61 Å². The largest absolute Gasteiger partial charge is 0.476 e. The van der Waals surface area contributed by atoms with E-state index in [9.17, 15) is 24.6 Å². The van der Waals surface area contributed by atoms with Gasteiger partial charge in [-0.15, -0.1) is 0 Å². The second-order valence-corrected chi connectivity index (χ2v) is 12.6.